The monoisotopic (exact) mass is 430 g/mol. The van der Waals surface area contributed by atoms with Crippen LogP contribution in [0.25, 0.3) is 11.1 Å². The number of benzene rings is 1. The molecule has 4 N–H and O–H groups in total. The molecule has 9 heteroatoms. The van der Waals surface area contributed by atoms with E-state index in [0.29, 0.717) is 29.9 Å². The van der Waals surface area contributed by atoms with Crippen LogP contribution in [-0.2, 0) is 11.4 Å². The van der Waals surface area contributed by atoms with Gasteiger partial charge in [-0.1, -0.05) is 39.0 Å². The zero-order valence-corrected chi connectivity index (χ0v) is 17.9. The molecule has 8 nitrogen and oxygen atoms in total. The van der Waals surface area contributed by atoms with Crippen LogP contribution in [0.1, 0.15) is 57.0 Å². The summed E-state index contributed by atoms with van der Waals surface area (Å²) in [6.45, 7) is 6.78. The number of rotatable bonds is 4. The van der Waals surface area contributed by atoms with Crippen molar-refractivity contribution in [2.45, 2.75) is 52.1 Å². The Hall–Kier alpha value is -3.07. The van der Waals surface area contributed by atoms with Crippen LogP contribution in [0.5, 0.6) is 5.75 Å². The molecule has 1 saturated carbocycles. The second-order valence-electron chi connectivity index (χ2n) is 9.12. The Morgan fingerprint density at radius 3 is 2.29 bits per heavy atom. The van der Waals surface area contributed by atoms with Crippen LogP contribution in [0.4, 0.5) is 14.0 Å². The smallest absolute Gasteiger partial charge is 0.408 e. The highest BCUT2D eigenvalue weighted by Crippen LogP contribution is 2.55. The summed E-state index contributed by atoms with van der Waals surface area (Å²) >= 11 is 0. The van der Waals surface area contributed by atoms with Gasteiger partial charge in [0.15, 0.2) is 5.75 Å². The largest absolute Gasteiger partial charge is 0.423 e. The molecule has 1 atom stereocenters. The van der Waals surface area contributed by atoms with Gasteiger partial charge in [-0.05, 0) is 24.3 Å². The van der Waals surface area contributed by atoms with Crippen molar-refractivity contribution in [2.24, 2.45) is 16.9 Å². The fraction of sp³-hybridized carbons (Fsp3) is 0.455. The van der Waals surface area contributed by atoms with Crippen LogP contribution in [0.15, 0.2) is 24.3 Å². The fourth-order valence-electron chi connectivity index (χ4n) is 4.57. The van der Waals surface area contributed by atoms with Gasteiger partial charge in [0.1, 0.15) is 5.82 Å². The number of hydrogen-bond acceptors (Lipinski definition) is 5. The maximum Gasteiger partial charge on any atom is 0.423 e. The molecule has 2 aliphatic rings. The van der Waals surface area contributed by atoms with E-state index in [9.17, 15) is 14.0 Å². The first-order valence-corrected chi connectivity index (χ1v) is 10.3. The molecule has 2 heterocycles. The Kier molecular flexibility index (Phi) is 5.17. The van der Waals surface area contributed by atoms with E-state index in [1.807, 2.05) is 20.8 Å². The number of carbonyl (C=O) groups excluding carboxylic acids is 2. The molecule has 1 aromatic carbocycles. The van der Waals surface area contributed by atoms with Crippen molar-refractivity contribution >= 4 is 12.2 Å². The number of carbonyl (C=O) groups is 2. The van der Waals surface area contributed by atoms with Gasteiger partial charge < -0.3 is 25.6 Å². The van der Waals surface area contributed by atoms with Gasteiger partial charge in [0.2, 0.25) is 0 Å². The summed E-state index contributed by atoms with van der Waals surface area (Å²) in [6, 6.07) is 5.89. The van der Waals surface area contributed by atoms with Crippen molar-refractivity contribution in [3.63, 3.8) is 0 Å². The molecule has 166 valence electrons. The molecule has 1 unspecified atom stereocenters. The second-order valence-corrected chi connectivity index (χ2v) is 9.12. The Labute approximate surface area is 179 Å². The summed E-state index contributed by atoms with van der Waals surface area (Å²) < 4.78 is 22.5. The Morgan fingerprint density at radius 1 is 1.06 bits per heavy atom. The van der Waals surface area contributed by atoms with Gasteiger partial charge in [0.25, 0.3) is 0 Å². The molecule has 2 amide bonds. The van der Waals surface area contributed by atoms with Crippen molar-refractivity contribution in [1.82, 2.24) is 9.63 Å². The number of aromatic nitrogens is 1. The molecule has 0 saturated heterocycles. The van der Waals surface area contributed by atoms with E-state index in [4.69, 9.17) is 21.0 Å². The molecule has 1 fully saturated rings. The number of nitrogens with two attached hydrogens (primary N) is 2. The van der Waals surface area contributed by atoms with Gasteiger partial charge >= 0.3 is 12.2 Å². The molecule has 0 radical (unpaired) electrons. The predicted molar refractivity (Wildman–Crippen MR) is 112 cm³/mol. The third-order valence-corrected chi connectivity index (χ3v) is 5.73. The number of ether oxygens (including phenoxy) is 1. The predicted octanol–water partition coefficient (Wildman–Crippen LogP) is 4.04. The highest BCUT2D eigenvalue weighted by atomic mass is 19.1. The third-order valence-electron chi connectivity index (χ3n) is 5.73. The van der Waals surface area contributed by atoms with Crippen molar-refractivity contribution < 1.29 is 23.6 Å². The van der Waals surface area contributed by atoms with E-state index in [2.05, 4.69) is 4.57 Å². The normalized spacial score (nSPS) is 19.0. The van der Waals surface area contributed by atoms with E-state index < -0.39 is 29.5 Å². The number of hydrogen-bond donors (Lipinski definition) is 2. The molecular weight excluding hydrogens is 403 g/mol. The van der Waals surface area contributed by atoms with Crippen LogP contribution < -0.4 is 16.2 Å². The first kappa shape index (κ1) is 21.2. The van der Waals surface area contributed by atoms with Crippen LogP contribution in [-0.4, -0.2) is 28.4 Å². The molecule has 1 aromatic heterocycles. The zero-order chi connectivity index (χ0) is 22.5. The highest BCUT2D eigenvalue weighted by molar-refractivity contribution is 5.81. The number of primary amides is 2. The van der Waals surface area contributed by atoms with Crippen LogP contribution >= 0.6 is 0 Å². The Morgan fingerprint density at radius 2 is 1.74 bits per heavy atom. The van der Waals surface area contributed by atoms with Crippen LogP contribution in [0, 0.1) is 11.2 Å². The van der Waals surface area contributed by atoms with E-state index in [1.54, 1.807) is 18.2 Å². The molecule has 1 aliphatic heterocycles. The van der Waals surface area contributed by atoms with E-state index in [0.717, 1.165) is 18.5 Å². The maximum absolute atomic E-state index is 14.9. The zero-order valence-electron chi connectivity index (χ0n) is 17.9. The van der Waals surface area contributed by atoms with E-state index >= 15 is 0 Å². The van der Waals surface area contributed by atoms with E-state index in [1.165, 1.54) is 11.1 Å². The molecule has 1 aliphatic carbocycles. The standard InChI is InChI=1S/C22H27FN4O4/c1-22(2,3)19-17-18(30-20(24)28)15(13-6-4-5-7-14(13)23)16(12-8-9-12)26(17)10-11-27(19)31-21(25)29/h4-7,12,19H,8-11H2,1-3H3,(H2,24,28)(H2,25,29). The van der Waals surface area contributed by atoms with Crippen LogP contribution in [0.3, 0.4) is 0 Å². The lowest BCUT2D eigenvalue weighted by Crippen LogP contribution is -2.46. The van der Waals surface area contributed by atoms with E-state index in [-0.39, 0.29) is 11.7 Å². The van der Waals surface area contributed by atoms with Gasteiger partial charge in [-0.25, -0.2) is 14.0 Å². The summed E-state index contributed by atoms with van der Waals surface area (Å²) in [4.78, 5) is 28.8. The average Bonchev–Trinajstić information content (AvgIpc) is 3.44. The van der Waals surface area contributed by atoms with Crippen LogP contribution in [0.2, 0.25) is 0 Å². The number of amides is 2. The van der Waals surface area contributed by atoms with Gasteiger partial charge in [0, 0.05) is 29.3 Å². The minimum absolute atomic E-state index is 0.206. The SMILES string of the molecule is CC(C)(C)C1c2c(OC(N)=O)c(-c3ccccc3F)c(C3CC3)n2CCN1OC(N)=O. The summed E-state index contributed by atoms with van der Waals surface area (Å²) in [6.07, 6.45) is 0.00267. The van der Waals surface area contributed by atoms with Crippen molar-refractivity contribution in [3.05, 3.63) is 41.5 Å². The lowest BCUT2D eigenvalue weighted by molar-refractivity contribution is -0.168. The molecule has 2 aromatic rings. The highest BCUT2D eigenvalue weighted by Gasteiger charge is 2.46. The fourth-order valence-corrected chi connectivity index (χ4v) is 4.57. The average molecular weight is 430 g/mol. The van der Waals surface area contributed by atoms with Gasteiger partial charge in [-0.2, -0.15) is 0 Å². The molecule has 0 spiro atoms. The number of nitrogens with zero attached hydrogens (tertiary/aromatic N) is 2. The summed E-state index contributed by atoms with van der Waals surface area (Å²) in [7, 11) is 0. The lowest BCUT2D eigenvalue weighted by atomic mass is 9.83. The maximum atomic E-state index is 14.9. The minimum Gasteiger partial charge on any atom is -0.408 e. The quantitative estimate of drug-likeness (QED) is 0.760. The second kappa shape index (κ2) is 7.56. The van der Waals surface area contributed by atoms with Crippen molar-refractivity contribution in [3.8, 4) is 16.9 Å². The molecule has 4 rings (SSSR count). The van der Waals surface area contributed by atoms with Gasteiger partial charge in [0.05, 0.1) is 18.3 Å². The molecule has 0 bridgehead atoms. The first-order valence-electron chi connectivity index (χ1n) is 10.3. The topological polar surface area (TPSA) is 113 Å². The first-order chi connectivity index (χ1) is 14.6. The van der Waals surface area contributed by atoms with Gasteiger partial charge in [-0.15, -0.1) is 5.06 Å². The Bertz CT molecular complexity index is 1040. The number of hydroxylamine groups is 2. The van der Waals surface area contributed by atoms with Crippen molar-refractivity contribution in [2.75, 3.05) is 6.54 Å². The number of fused-ring (bicyclic) bond motifs is 1. The Balaban J connectivity index is 2.03. The summed E-state index contributed by atoms with van der Waals surface area (Å²) in [5.41, 5.74) is 12.7. The third kappa shape index (κ3) is 3.85. The summed E-state index contributed by atoms with van der Waals surface area (Å²) in [5.74, 6) is 0.0132. The minimum atomic E-state index is -0.992. The number of halogens is 1. The van der Waals surface area contributed by atoms with Crippen molar-refractivity contribution in [1.29, 1.82) is 0 Å². The van der Waals surface area contributed by atoms with Gasteiger partial charge in [-0.3, -0.25) is 0 Å². The summed E-state index contributed by atoms with van der Waals surface area (Å²) in [5, 5.41) is 1.51. The molecule has 31 heavy (non-hydrogen) atoms. The molecular formula is C22H27FN4O4. The lowest BCUT2D eigenvalue weighted by Gasteiger charge is -2.42.